The lowest BCUT2D eigenvalue weighted by Gasteiger charge is -2.48. The molecule has 1 heterocycles. The number of hydrogen-bond donors (Lipinski definition) is 1. The van der Waals surface area contributed by atoms with Crippen LogP contribution in [0.3, 0.4) is 0 Å². The molecule has 1 rings (SSSR count). The van der Waals surface area contributed by atoms with E-state index in [0.717, 1.165) is 0 Å². The lowest BCUT2D eigenvalue weighted by molar-refractivity contribution is -0.187. The Labute approximate surface area is 126 Å². The molecule has 128 valence electrons. The Balaban J connectivity index is 2.56. The summed E-state index contributed by atoms with van der Waals surface area (Å²) in [5.74, 6) is -1.20. The van der Waals surface area contributed by atoms with E-state index in [9.17, 15) is 22.8 Å². The summed E-state index contributed by atoms with van der Waals surface area (Å²) in [5.41, 5.74) is -1.99. The normalized spacial score (nSPS) is 17.8. The highest BCUT2D eigenvalue weighted by Crippen LogP contribution is 2.31. The Morgan fingerprint density at radius 1 is 1.23 bits per heavy atom. The van der Waals surface area contributed by atoms with Gasteiger partial charge >= 0.3 is 18.2 Å². The summed E-state index contributed by atoms with van der Waals surface area (Å²) < 4.78 is 46.6. The van der Waals surface area contributed by atoms with E-state index in [2.05, 4.69) is 0 Å². The molecule has 0 aliphatic carbocycles. The van der Waals surface area contributed by atoms with Crippen LogP contribution in [0.5, 0.6) is 0 Å². The van der Waals surface area contributed by atoms with Gasteiger partial charge in [-0.25, -0.2) is 4.79 Å². The van der Waals surface area contributed by atoms with Crippen LogP contribution in [0.2, 0.25) is 0 Å². The summed E-state index contributed by atoms with van der Waals surface area (Å²) in [6.45, 7) is 4.18. The largest absolute Gasteiger partial charge is 0.481 e. The van der Waals surface area contributed by atoms with Crippen LogP contribution in [0.4, 0.5) is 18.0 Å². The number of likely N-dealkylation sites (tertiary alicyclic amines) is 1. The smallest absolute Gasteiger partial charge is 0.410 e. The fraction of sp³-hybridized carbons (Fsp3) is 0.846. The van der Waals surface area contributed by atoms with Crippen LogP contribution >= 0.6 is 0 Å². The Morgan fingerprint density at radius 3 is 2.18 bits per heavy atom. The van der Waals surface area contributed by atoms with Gasteiger partial charge in [-0.1, -0.05) is 0 Å². The number of amides is 1. The lowest BCUT2D eigenvalue weighted by atomic mass is 9.90. The summed E-state index contributed by atoms with van der Waals surface area (Å²) >= 11 is 0. The van der Waals surface area contributed by atoms with Crippen LogP contribution in [0, 0.1) is 0 Å². The van der Waals surface area contributed by atoms with E-state index in [1.807, 2.05) is 0 Å². The number of alkyl halides is 3. The third kappa shape index (κ3) is 6.08. The van der Waals surface area contributed by atoms with E-state index in [0.29, 0.717) is 0 Å². The molecular formula is C13H20F3NO5. The maximum absolute atomic E-state index is 12.1. The third-order valence-electron chi connectivity index (χ3n) is 2.88. The Bertz CT molecular complexity index is 424. The quantitative estimate of drug-likeness (QED) is 0.839. The standard InChI is InChI=1S/C13H20F3NO5/c1-11(2,3)22-10(20)17-7-12(8-17,6-9(18)19)21-5-4-13(14,15)16/h4-8H2,1-3H3,(H,18,19). The van der Waals surface area contributed by atoms with Crippen molar-refractivity contribution in [1.82, 2.24) is 4.90 Å². The molecule has 0 aromatic carbocycles. The molecule has 0 spiro atoms. The van der Waals surface area contributed by atoms with Gasteiger partial charge in [-0.05, 0) is 20.8 Å². The predicted octanol–water partition coefficient (Wildman–Crippen LogP) is 2.42. The molecule has 22 heavy (non-hydrogen) atoms. The van der Waals surface area contributed by atoms with Crippen LogP contribution in [-0.2, 0) is 14.3 Å². The van der Waals surface area contributed by atoms with Crippen molar-refractivity contribution in [2.45, 2.75) is 51.0 Å². The van der Waals surface area contributed by atoms with Crippen LogP contribution in [0.25, 0.3) is 0 Å². The van der Waals surface area contributed by atoms with Gasteiger partial charge in [0.05, 0.1) is 32.5 Å². The Hall–Kier alpha value is -1.51. The number of carboxylic acid groups (broad SMARTS) is 1. The zero-order valence-corrected chi connectivity index (χ0v) is 12.7. The number of carbonyl (C=O) groups is 2. The van der Waals surface area contributed by atoms with Crippen molar-refractivity contribution in [3.8, 4) is 0 Å². The first-order chi connectivity index (χ1) is 9.82. The number of carboxylic acids is 1. The highest BCUT2D eigenvalue weighted by Gasteiger charge is 2.49. The zero-order chi connectivity index (χ0) is 17.2. The molecule has 0 bridgehead atoms. The second kappa shape index (κ2) is 6.31. The molecular weight excluding hydrogens is 307 g/mol. The molecule has 0 radical (unpaired) electrons. The van der Waals surface area contributed by atoms with Crippen molar-refractivity contribution < 1.29 is 37.3 Å². The fourth-order valence-corrected chi connectivity index (χ4v) is 2.02. The summed E-state index contributed by atoms with van der Waals surface area (Å²) in [7, 11) is 0. The van der Waals surface area contributed by atoms with Crippen molar-refractivity contribution in [3.05, 3.63) is 0 Å². The average Bonchev–Trinajstić information content (AvgIpc) is 2.19. The number of rotatable bonds is 5. The zero-order valence-electron chi connectivity index (χ0n) is 12.7. The molecule has 1 aliphatic rings. The molecule has 9 heteroatoms. The van der Waals surface area contributed by atoms with Gasteiger partial charge < -0.3 is 19.5 Å². The van der Waals surface area contributed by atoms with Crippen molar-refractivity contribution in [1.29, 1.82) is 0 Å². The number of aliphatic carboxylic acids is 1. The summed E-state index contributed by atoms with van der Waals surface area (Å²) in [6.07, 6.45) is -6.66. The van der Waals surface area contributed by atoms with Gasteiger partial charge in [-0.2, -0.15) is 13.2 Å². The summed E-state index contributed by atoms with van der Waals surface area (Å²) in [4.78, 5) is 23.8. The third-order valence-corrected chi connectivity index (χ3v) is 2.88. The van der Waals surface area contributed by atoms with Crippen LogP contribution in [-0.4, -0.2) is 59.1 Å². The molecule has 1 amide bonds. The number of carbonyl (C=O) groups excluding carboxylic acids is 1. The fourth-order valence-electron chi connectivity index (χ4n) is 2.02. The molecule has 0 aromatic heterocycles. The van der Waals surface area contributed by atoms with Crippen molar-refractivity contribution in [3.63, 3.8) is 0 Å². The second-order valence-electron chi connectivity index (χ2n) is 6.30. The van der Waals surface area contributed by atoms with Gasteiger partial charge in [0.1, 0.15) is 11.2 Å². The van der Waals surface area contributed by atoms with Gasteiger partial charge in [-0.15, -0.1) is 0 Å². The van der Waals surface area contributed by atoms with E-state index < -0.39 is 48.9 Å². The lowest BCUT2D eigenvalue weighted by Crippen LogP contribution is -2.66. The van der Waals surface area contributed by atoms with E-state index >= 15 is 0 Å². The molecule has 6 nitrogen and oxygen atoms in total. The first-order valence-corrected chi connectivity index (χ1v) is 6.72. The van der Waals surface area contributed by atoms with Gasteiger partial charge in [0, 0.05) is 0 Å². The minimum absolute atomic E-state index is 0.105. The predicted molar refractivity (Wildman–Crippen MR) is 69.4 cm³/mol. The number of hydrogen-bond acceptors (Lipinski definition) is 4. The van der Waals surface area contributed by atoms with E-state index in [4.69, 9.17) is 14.6 Å². The molecule has 0 saturated carbocycles. The Morgan fingerprint density at radius 2 is 1.77 bits per heavy atom. The summed E-state index contributed by atoms with van der Waals surface area (Å²) in [6, 6.07) is 0. The monoisotopic (exact) mass is 327 g/mol. The van der Waals surface area contributed by atoms with Crippen LogP contribution in [0.15, 0.2) is 0 Å². The molecule has 1 saturated heterocycles. The van der Waals surface area contributed by atoms with E-state index in [-0.39, 0.29) is 13.1 Å². The Kier molecular flexibility index (Phi) is 5.32. The first kappa shape index (κ1) is 18.5. The molecule has 0 unspecified atom stereocenters. The minimum atomic E-state index is -4.38. The molecule has 1 aliphatic heterocycles. The maximum Gasteiger partial charge on any atom is 0.410 e. The minimum Gasteiger partial charge on any atom is -0.481 e. The van der Waals surface area contributed by atoms with Crippen molar-refractivity contribution in [2.24, 2.45) is 0 Å². The topological polar surface area (TPSA) is 76.1 Å². The van der Waals surface area contributed by atoms with E-state index in [1.54, 1.807) is 20.8 Å². The average molecular weight is 327 g/mol. The van der Waals surface area contributed by atoms with Gasteiger partial charge in [-0.3, -0.25) is 4.79 Å². The molecule has 1 N–H and O–H groups in total. The highest BCUT2D eigenvalue weighted by atomic mass is 19.4. The van der Waals surface area contributed by atoms with Crippen molar-refractivity contribution >= 4 is 12.1 Å². The van der Waals surface area contributed by atoms with Gasteiger partial charge in [0.2, 0.25) is 0 Å². The number of nitrogens with zero attached hydrogens (tertiary/aromatic N) is 1. The van der Waals surface area contributed by atoms with E-state index in [1.165, 1.54) is 4.90 Å². The SMILES string of the molecule is CC(C)(C)OC(=O)N1CC(CC(=O)O)(OCCC(F)(F)F)C1. The van der Waals surface area contributed by atoms with Crippen molar-refractivity contribution in [2.75, 3.05) is 19.7 Å². The second-order valence-corrected chi connectivity index (χ2v) is 6.30. The van der Waals surface area contributed by atoms with Gasteiger partial charge in [0.15, 0.2) is 0 Å². The summed E-state index contributed by atoms with van der Waals surface area (Å²) in [5, 5.41) is 8.85. The number of halogens is 3. The first-order valence-electron chi connectivity index (χ1n) is 6.72. The van der Waals surface area contributed by atoms with Crippen LogP contribution in [0.1, 0.15) is 33.6 Å². The van der Waals surface area contributed by atoms with Gasteiger partial charge in [0.25, 0.3) is 0 Å². The maximum atomic E-state index is 12.1. The number of ether oxygens (including phenoxy) is 2. The van der Waals surface area contributed by atoms with Crippen LogP contribution < -0.4 is 0 Å². The highest BCUT2D eigenvalue weighted by molar-refractivity contribution is 5.72. The molecule has 0 atom stereocenters. The molecule has 0 aromatic rings. The molecule has 1 fully saturated rings.